The molecule has 0 radical (unpaired) electrons. The van der Waals surface area contributed by atoms with Crippen LogP contribution < -0.4 is 5.32 Å². The number of carbonyl (C=O) groups excluding carboxylic acids is 1. The fourth-order valence-corrected chi connectivity index (χ4v) is 1.89. The van der Waals surface area contributed by atoms with Crippen LogP contribution >= 0.6 is 0 Å². The molecule has 2 atom stereocenters. The molecular formula is C12H21NO4. The Bertz CT molecular complexity index is 295. The fraction of sp³-hybridized carbons (Fsp3) is 0.833. The van der Waals surface area contributed by atoms with E-state index in [0.717, 1.165) is 6.42 Å². The van der Waals surface area contributed by atoms with Crippen molar-refractivity contribution in [2.24, 2.45) is 5.92 Å². The lowest BCUT2D eigenvalue weighted by atomic mass is 10.1. The van der Waals surface area contributed by atoms with Gasteiger partial charge in [-0.2, -0.15) is 0 Å². The van der Waals surface area contributed by atoms with Gasteiger partial charge in [-0.3, -0.25) is 9.59 Å². The van der Waals surface area contributed by atoms with Crippen LogP contribution in [-0.4, -0.2) is 35.2 Å². The third kappa shape index (κ3) is 5.17. The second kappa shape index (κ2) is 5.49. The predicted molar refractivity (Wildman–Crippen MR) is 62.6 cm³/mol. The van der Waals surface area contributed by atoms with Gasteiger partial charge < -0.3 is 15.2 Å². The van der Waals surface area contributed by atoms with E-state index < -0.39 is 5.97 Å². The minimum absolute atomic E-state index is 0.0211. The van der Waals surface area contributed by atoms with Gasteiger partial charge in [0.1, 0.15) is 6.61 Å². The Labute approximate surface area is 102 Å². The number of rotatable bonds is 4. The first-order valence-corrected chi connectivity index (χ1v) is 5.94. The standard InChI is InChI=1S/C12H21NO4/c1-12(2,3)17-7-10(14)13-9-5-4-8(6-9)11(15)16/h8-9H,4-7H2,1-3H3,(H,13,14)(H,15,16). The van der Waals surface area contributed by atoms with Gasteiger partial charge in [0.15, 0.2) is 0 Å². The van der Waals surface area contributed by atoms with Gasteiger partial charge in [0.05, 0.1) is 11.5 Å². The van der Waals surface area contributed by atoms with Gasteiger partial charge in [0.25, 0.3) is 0 Å². The predicted octanol–water partition coefficient (Wildman–Crippen LogP) is 1.17. The Kier molecular flexibility index (Phi) is 4.51. The van der Waals surface area contributed by atoms with Crippen LogP contribution in [0.2, 0.25) is 0 Å². The minimum Gasteiger partial charge on any atom is -0.481 e. The molecule has 0 aromatic carbocycles. The van der Waals surface area contributed by atoms with Gasteiger partial charge in [-0.15, -0.1) is 0 Å². The molecule has 0 saturated heterocycles. The zero-order valence-corrected chi connectivity index (χ0v) is 10.7. The maximum absolute atomic E-state index is 11.5. The number of hydrogen-bond acceptors (Lipinski definition) is 3. The van der Waals surface area contributed by atoms with Crippen molar-refractivity contribution in [2.75, 3.05) is 6.61 Å². The van der Waals surface area contributed by atoms with Gasteiger partial charge in [0, 0.05) is 6.04 Å². The average molecular weight is 243 g/mol. The van der Waals surface area contributed by atoms with E-state index in [1.54, 1.807) is 0 Å². The van der Waals surface area contributed by atoms with Crippen molar-refractivity contribution in [1.29, 1.82) is 0 Å². The highest BCUT2D eigenvalue weighted by Gasteiger charge is 2.30. The number of amides is 1. The quantitative estimate of drug-likeness (QED) is 0.777. The molecule has 1 saturated carbocycles. The third-order valence-corrected chi connectivity index (χ3v) is 2.78. The van der Waals surface area contributed by atoms with Crippen LogP contribution in [0.3, 0.4) is 0 Å². The highest BCUT2D eigenvalue weighted by atomic mass is 16.5. The van der Waals surface area contributed by atoms with Crippen molar-refractivity contribution in [1.82, 2.24) is 5.32 Å². The van der Waals surface area contributed by atoms with Crippen molar-refractivity contribution in [3.8, 4) is 0 Å². The van der Waals surface area contributed by atoms with Crippen molar-refractivity contribution in [3.05, 3.63) is 0 Å². The molecule has 1 aliphatic rings. The molecule has 1 fully saturated rings. The van der Waals surface area contributed by atoms with E-state index in [-0.39, 0.29) is 30.1 Å². The normalized spacial score (nSPS) is 24.6. The van der Waals surface area contributed by atoms with Crippen LogP contribution in [0.15, 0.2) is 0 Å². The van der Waals surface area contributed by atoms with Crippen molar-refractivity contribution in [3.63, 3.8) is 0 Å². The van der Waals surface area contributed by atoms with Crippen molar-refractivity contribution >= 4 is 11.9 Å². The van der Waals surface area contributed by atoms with Crippen LogP contribution in [-0.2, 0) is 14.3 Å². The first kappa shape index (κ1) is 14.0. The smallest absolute Gasteiger partial charge is 0.306 e. The summed E-state index contributed by atoms with van der Waals surface area (Å²) in [5.41, 5.74) is -0.337. The lowest BCUT2D eigenvalue weighted by Crippen LogP contribution is -2.37. The summed E-state index contributed by atoms with van der Waals surface area (Å²) < 4.78 is 5.35. The second-order valence-corrected chi connectivity index (χ2v) is 5.51. The lowest BCUT2D eigenvalue weighted by molar-refractivity contribution is -0.141. The first-order chi connectivity index (χ1) is 7.78. The van der Waals surface area contributed by atoms with Gasteiger partial charge in [-0.05, 0) is 40.0 Å². The van der Waals surface area contributed by atoms with Gasteiger partial charge in [-0.25, -0.2) is 0 Å². The summed E-state index contributed by atoms with van der Waals surface area (Å²) in [7, 11) is 0. The summed E-state index contributed by atoms with van der Waals surface area (Å²) in [4.78, 5) is 22.3. The summed E-state index contributed by atoms with van der Waals surface area (Å²) in [6.07, 6.45) is 1.90. The second-order valence-electron chi connectivity index (χ2n) is 5.51. The van der Waals surface area contributed by atoms with Crippen LogP contribution in [0.5, 0.6) is 0 Å². The lowest BCUT2D eigenvalue weighted by Gasteiger charge is -2.20. The number of aliphatic carboxylic acids is 1. The molecule has 0 aromatic heterocycles. The highest BCUT2D eigenvalue weighted by Crippen LogP contribution is 2.25. The molecule has 98 valence electrons. The van der Waals surface area contributed by atoms with E-state index in [2.05, 4.69) is 5.32 Å². The van der Waals surface area contributed by atoms with E-state index >= 15 is 0 Å². The average Bonchev–Trinajstić information content (AvgIpc) is 2.62. The Balaban J connectivity index is 2.26. The van der Waals surface area contributed by atoms with Crippen LogP contribution in [0.4, 0.5) is 0 Å². The summed E-state index contributed by atoms with van der Waals surface area (Å²) in [6, 6.07) is -0.0211. The molecule has 2 N–H and O–H groups in total. The summed E-state index contributed by atoms with van der Waals surface area (Å²) in [5.74, 6) is -1.26. The molecule has 1 rings (SSSR count). The Hall–Kier alpha value is -1.10. The summed E-state index contributed by atoms with van der Waals surface area (Å²) in [6.45, 7) is 5.68. The molecule has 0 aromatic rings. The van der Waals surface area contributed by atoms with Gasteiger partial charge >= 0.3 is 5.97 Å². The number of ether oxygens (including phenoxy) is 1. The van der Waals surface area contributed by atoms with Crippen molar-refractivity contribution < 1.29 is 19.4 Å². The first-order valence-electron chi connectivity index (χ1n) is 5.94. The molecule has 0 spiro atoms. The number of nitrogens with one attached hydrogen (secondary N) is 1. The van der Waals surface area contributed by atoms with E-state index in [1.165, 1.54) is 0 Å². The van der Waals surface area contributed by atoms with Gasteiger partial charge in [0.2, 0.25) is 5.91 Å². The van der Waals surface area contributed by atoms with Crippen LogP contribution in [0.1, 0.15) is 40.0 Å². The molecule has 0 bridgehead atoms. The SMILES string of the molecule is CC(C)(C)OCC(=O)NC1CCC(C(=O)O)C1. The van der Waals surface area contributed by atoms with E-state index in [1.807, 2.05) is 20.8 Å². The molecule has 1 amide bonds. The maximum Gasteiger partial charge on any atom is 0.306 e. The third-order valence-electron chi connectivity index (χ3n) is 2.78. The minimum atomic E-state index is -0.771. The van der Waals surface area contributed by atoms with E-state index in [0.29, 0.717) is 12.8 Å². The summed E-state index contributed by atoms with van der Waals surface area (Å²) >= 11 is 0. The van der Waals surface area contributed by atoms with Crippen LogP contribution in [0, 0.1) is 5.92 Å². The Morgan fingerprint density at radius 3 is 2.47 bits per heavy atom. The molecule has 0 aliphatic heterocycles. The molecule has 5 nitrogen and oxygen atoms in total. The monoisotopic (exact) mass is 243 g/mol. The number of carboxylic acid groups (broad SMARTS) is 1. The van der Waals surface area contributed by atoms with Crippen molar-refractivity contribution in [2.45, 2.75) is 51.7 Å². The van der Waals surface area contributed by atoms with E-state index in [4.69, 9.17) is 9.84 Å². The molecule has 2 unspecified atom stereocenters. The Morgan fingerprint density at radius 2 is 2.00 bits per heavy atom. The molecule has 1 aliphatic carbocycles. The zero-order valence-electron chi connectivity index (χ0n) is 10.7. The Morgan fingerprint density at radius 1 is 1.35 bits per heavy atom. The highest BCUT2D eigenvalue weighted by molar-refractivity contribution is 5.78. The molecule has 17 heavy (non-hydrogen) atoms. The number of carbonyl (C=O) groups is 2. The maximum atomic E-state index is 11.5. The molecular weight excluding hydrogens is 222 g/mol. The van der Waals surface area contributed by atoms with E-state index in [9.17, 15) is 9.59 Å². The summed E-state index contributed by atoms with van der Waals surface area (Å²) in [5, 5.41) is 11.6. The topological polar surface area (TPSA) is 75.6 Å². The van der Waals surface area contributed by atoms with Crippen LogP contribution in [0.25, 0.3) is 0 Å². The largest absolute Gasteiger partial charge is 0.481 e. The van der Waals surface area contributed by atoms with Gasteiger partial charge in [-0.1, -0.05) is 0 Å². The molecule has 0 heterocycles. The molecule has 5 heteroatoms. The fourth-order valence-electron chi connectivity index (χ4n) is 1.89. The zero-order chi connectivity index (χ0) is 13.1. The number of hydrogen-bond donors (Lipinski definition) is 2. The number of carboxylic acids is 1.